The second-order valence-electron chi connectivity index (χ2n) is 3.94. The summed E-state index contributed by atoms with van der Waals surface area (Å²) in [6.07, 6.45) is 1.71. The van der Waals surface area contributed by atoms with Gasteiger partial charge in [-0.2, -0.15) is 0 Å². The molecule has 3 N–H and O–H groups in total. The first kappa shape index (κ1) is 12.4. The predicted octanol–water partition coefficient (Wildman–Crippen LogP) is 1.27. The van der Waals surface area contributed by atoms with Crippen LogP contribution in [0, 0.1) is 5.92 Å². The number of amides is 1. The van der Waals surface area contributed by atoms with Gasteiger partial charge in [-0.05, 0) is 19.3 Å². The van der Waals surface area contributed by atoms with Crippen LogP contribution in [0.2, 0.25) is 0 Å². The molecule has 0 aliphatic heterocycles. The fourth-order valence-electron chi connectivity index (χ4n) is 0.940. The molecule has 0 aliphatic rings. The minimum atomic E-state index is -0.341. The number of carbonyl (C=O) groups is 1. The van der Waals surface area contributed by atoms with Gasteiger partial charge in [0.25, 0.3) is 0 Å². The van der Waals surface area contributed by atoms with Crippen molar-refractivity contribution in [1.29, 1.82) is 0 Å². The normalized spacial score (nSPS) is 15.5. The van der Waals surface area contributed by atoms with Crippen LogP contribution in [0.5, 0.6) is 0 Å². The van der Waals surface area contributed by atoms with Gasteiger partial charge in [0.2, 0.25) is 5.91 Å². The van der Waals surface area contributed by atoms with Gasteiger partial charge in [-0.3, -0.25) is 4.79 Å². The molecule has 0 bridgehead atoms. The Hall–Kier alpha value is -0.570. The Morgan fingerprint density at radius 2 is 1.92 bits per heavy atom. The van der Waals surface area contributed by atoms with E-state index in [-0.39, 0.29) is 18.0 Å². The van der Waals surface area contributed by atoms with Gasteiger partial charge in [0.15, 0.2) is 0 Å². The zero-order chi connectivity index (χ0) is 10.4. The molecule has 0 spiro atoms. The van der Waals surface area contributed by atoms with Crippen molar-refractivity contribution in [2.24, 2.45) is 11.7 Å². The maximum atomic E-state index is 11.4. The van der Waals surface area contributed by atoms with Crippen molar-refractivity contribution in [1.82, 2.24) is 5.32 Å². The maximum Gasteiger partial charge on any atom is 0.237 e. The first-order valence-electron chi connectivity index (χ1n) is 5.05. The lowest BCUT2D eigenvalue weighted by molar-refractivity contribution is -0.123. The average Bonchev–Trinajstić information content (AvgIpc) is 2.04. The highest BCUT2D eigenvalue weighted by atomic mass is 16.2. The molecule has 0 saturated heterocycles. The lowest BCUT2D eigenvalue weighted by Gasteiger charge is -2.19. The highest BCUT2D eigenvalue weighted by Crippen LogP contribution is 2.01. The molecule has 3 nitrogen and oxygen atoms in total. The first-order valence-corrected chi connectivity index (χ1v) is 5.05. The maximum absolute atomic E-state index is 11.4. The third-order valence-electron chi connectivity index (χ3n) is 2.31. The summed E-state index contributed by atoms with van der Waals surface area (Å²) in [5.41, 5.74) is 5.66. The highest BCUT2D eigenvalue weighted by molar-refractivity contribution is 5.81. The number of hydrogen-bond donors (Lipinski definition) is 2. The Balaban J connectivity index is 3.85. The van der Waals surface area contributed by atoms with E-state index in [2.05, 4.69) is 19.2 Å². The Morgan fingerprint density at radius 3 is 2.31 bits per heavy atom. The minimum absolute atomic E-state index is 0.0250. The average molecular weight is 186 g/mol. The molecule has 1 unspecified atom stereocenters. The first-order chi connectivity index (χ1) is 5.99. The molecular weight excluding hydrogens is 164 g/mol. The molecule has 78 valence electrons. The fourth-order valence-corrected chi connectivity index (χ4v) is 0.940. The molecule has 1 amide bonds. The fraction of sp³-hybridized carbons (Fsp3) is 0.900. The zero-order valence-corrected chi connectivity index (χ0v) is 9.13. The van der Waals surface area contributed by atoms with Crippen molar-refractivity contribution in [2.45, 2.75) is 52.6 Å². The van der Waals surface area contributed by atoms with Crippen LogP contribution in [0.1, 0.15) is 40.5 Å². The minimum Gasteiger partial charge on any atom is -0.352 e. The second kappa shape index (κ2) is 5.97. The van der Waals surface area contributed by atoms with Crippen LogP contribution >= 0.6 is 0 Å². The molecule has 0 fully saturated rings. The number of nitrogens with two attached hydrogens (primary N) is 1. The molecule has 13 heavy (non-hydrogen) atoms. The molecule has 0 radical (unpaired) electrons. The SMILES string of the molecule is CCC[C@@H](N)C(=O)NC(C)C(C)C. The van der Waals surface area contributed by atoms with E-state index in [1.807, 2.05) is 13.8 Å². The van der Waals surface area contributed by atoms with Crippen LogP contribution in [-0.4, -0.2) is 18.0 Å². The van der Waals surface area contributed by atoms with E-state index in [1.165, 1.54) is 0 Å². The summed E-state index contributed by atoms with van der Waals surface area (Å²) in [6.45, 7) is 8.19. The molecule has 2 atom stereocenters. The summed E-state index contributed by atoms with van der Waals surface area (Å²) in [5.74, 6) is 0.431. The standard InChI is InChI=1S/C10H22N2O/c1-5-6-9(11)10(13)12-8(4)7(2)3/h7-9H,5-6,11H2,1-4H3,(H,12,13)/t8?,9-/m1/s1. The number of hydrogen-bond acceptors (Lipinski definition) is 2. The predicted molar refractivity (Wildman–Crippen MR) is 55.3 cm³/mol. The summed E-state index contributed by atoms with van der Waals surface area (Å²) in [4.78, 5) is 11.4. The van der Waals surface area contributed by atoms with Crippen LogP contribution in [0.3, 0.4) is 0 Å². The molecular formula is C10H22N2O. The molecule has 0 heterocycles. The highest BCUT2D eigenvalue weighted by Gasteiger charge is 2.15. The smallest absolute Gasteiger partial charge is 0.237 e. The lowest BCUT2D eigenvalue weighted by Crippen LogP contribution is -2.45. The summed E-state index contributed by atoms with van der Waals surface area (Å²) in [5, 5.41) is 2.90. The van der Waals surface area contributed by atoms with Gasteiger partial charge in [-0.25, -0.2) is 0 Å². The van der Waals surface area contributed by atoms with Crippen LogP contribution in [0.4, 0.5) is 0 Å². The van der Waals surface area contributed by atoms with E-state index >= 15 is 0 Å². The molecule has 3 heteroatoms. The largest absolute Gasteiger partial charge is 0.352 e. The van der Waals surface area contributed by atoms with Gasteiger partial charge < -0.3 is 11.1 Å². The van der Waals surface area contributed by atoms with Gasteiger partial charge in [-0.1, -0.05) is 27.2 Å². The monoisotopic (exact) mass is 186 g/mol. The molecule has 0 rings (SSSR count). The van der Waals surface area contributed by atoms with E-state index in [1.54, 1.807) is 0 Å². The molecule has 0 aromatic heterocycles. The summed E-state index contributed by atoms with van der Waals surface area (Å²) < 4.78 is 0. The van der Waals surface area contributed by atoms with E-state index in [4.69, 9.17) is 5.73 Å². The molecule has 0 aliphatic carbocycles. The van der Waals surface area contributed by atoms with Crippen molar-refractivity contribution in [3.63, 3.8) is 0 Å². The lowest BCUT2D eigenvalue weighted by atomic mass is 10.1. The van der Waals surface area contributed by atoms with Crippen LogP contribution in [0.15, 0.2) is 0 Å². The van der Waals surface area contributed by atoms with Crippen molar-refractivity contribution in [3.8, 4) is 0 Å². The van der Waals surface area contributed by atoms with Crippen molar-refractivity contribution in [2.75, 3.05) is 0 Å². The van der Waals surface area contributed by atoms with Crippen LogP contribution in [-0.2, 0) is 4.79 Å². The topological polar surface area (TPSA) is 55.1 Å². The van der Waals surface area contributed by atoms with Gasteiger partial charge in [0.05, 0.1) is 6.04 Å². The summed E-state index contributed by atoms with van der Waals surface area (Å²) in [6, 6.07) is -0.137. The third-order valence-corrected chi connectivity index (χ3v) is 2.31. The quantitative estimate of drug-likeness (QED) is 0.679. The molecule has 0 saturated carbocycles. The number of nitrogens with one attached hydrogen (secondary N) is 1. The Labute approximate surface area is 81.1 Å². The molecule has 0 aromatic carbocycles. The molecule has 0 aromatic rings. The van der Waals surface area contributed by atoms with Crippen LogP contribution < -0.4 is 11.1 Å². The van der Waals surface area contributed by atoms with E-state index in [9.17, 15) is 4.79 Å². The van der Waals surface area contributed by atoms with Crippen molar-refractivity contribution in [3.05, 3.63) is 0 Å². The van der Waals surface area contributed by atoms with Gasteiger partial charge >= 0.3 is 0 Å². The second-order valence-corrected chi connectivity index (χ2v) is 3.94. The van der Waals surface area contributed by atoms with E-state index in [0.717, 1.165) is 12.8 Å². The van der Waals surface area contributed by atoms with Gasteiger partial charge in [0.1, 0.15) is 0 Å². The van der Waals surface area contributed by atoms with Crippen molar-refractivity contribution >= 4 is 5.91 Å². The van der Waals surface area contributed by atoms with Gasteiger partial charge in [-0.15, -0.1) is 0 Å². The number of rotatable bonds is 5. The summed E-state index contributed by atoms with van der Waals surface area (Å²) in [7, 11) is 0. The summed E-state index contributed by atoms with van der Waals surface area (Å²) >= 11 is 0. The Bertz CT molecular complexity index is 157. The zero-order valence-electron chi connectivity index (χ0n) is 9.13. The Kier molecular flexibility index (Phi) is 5.71. The van der Waals surface area contributed by atoms with E-state index < -0.39 is 0 Å². The number of carbonyl (C=O) groups excluding carboxylic acids is 1. The van der Waals surface area contributed by atoms with Crippen molar-refractivity contribution < 1.29 is 4.79 Å². The Morgan fingerprint density at radius 1 is 1.38 bits per heavy atom. The third kappa shape index (κ3) is 4.88. The van der Waals surface area contributed by atoms with Gasteiger partial charge in [0, 0.05) is 6.04 Å². The van der Waals surface area contributed by atoms with E-state index in [0.29, 0.717) is 5.92 Å². The van der Waals surface area contributed by atoms with Crippen LogP contribution in [0.25, 0.3) is 0 Å².